The number of nitrogens with one attached hydrogen (secondary N) is 8. The highest BCUT2D eigenvalue weighted by molar-refractivity contribution is 8.14. The fourth-order valence-corrected chi connectivity index (χ4v) is 18.0. The second-order valence-corrected chi connectivity index (χ2v) is 33.3. The SMILES string of the molecule is C=C(NC(=O)C(=C)NC(=O)c1csc(C2=N[C@@H]3c4csc(n4)[C@H]4NC(=O)c5csc(n5)[C@H]([C@](C)(O)[C@@H](C)O)CC(=O)C5CSC(=N5)/C(=C/C)NC(=O)[C@H]([C@@H](C)O)NC(=O)c5csc(n5)[C@]3(CC2)NC(=O)[C@H](C)CC(=O)C(=C)NC(=O)[C@H](C)CC(=O)[C@H]([C@@H](C)CC)N[C@@H]2C=Cc3c([C@H](C)O)cc(nc3[C@H]2O)C(=O)O[C@@H]4C)n1)C(N)=O. The molecule has 9 heterocycles. The van der Waals surface area contributed by atoms with E-state index in [1.165, 1.54) is 82.1 Å². The summed E-state index contributed by atoms with van der Waals surface area (Å²) in [5, 5.41) is 85.3. The lowest BCUT2D eigenvalue weighted by molar-refractivity contribution is -0.131. The van der Waals surface area contributed by atoms with Crippen LogP contribution in [0.15, 0.2) is 92.2 Å². The number of fused-ring (bicyclic) bond motifs is 7. The van der Waals surface area contributed by atoms with Gasteiger partial charge < -0.3 is 73.2 Å². The molecule has 13 bridgehead atoms. The number of aromatic nitrogens is 5. The van der Waals surface area contributed by atoms with Crippen LogP contribution >= 0.6 is 57.1 Å². The second-order valence-electron chi connectivity index (χ2n) is 28.8. The molecule has 5 aliphatic rings. The van der Waals surface area contributed by atoms with Crippen molar-refractivity contribution in [3.8, 4) is 0 Å². The normalized spacial score (nSPS) is 27.1. The molecular weight excluding hydrogens is 1570 g/mol. The van der Waals surface area contributed by atoms with Crippen LogP contribution in [0, 0.1) is 17.8 Å². The standard InChI is InChI=1S/C75H88N16O18S5/c1-14-29(3)54-53(97)21-30(4)61(100)77-32(6)51(95)20-31(5)62(101)91-75-19-18-44(70-87-48(27-112-70)64(103)79-34(8)63(102)78-33(7)60(76)99)82-59(75)47-25-113-71(85-47)56(37(11)109-72(107)45-22-40(35(9)92)39-16-17-43(80-54)58(98)57(39)81-45)90-65(104)49-26-110-68(86-49)41(74(13,108)38(12)94)23-52(96)46-24-111-69(84-46)42(15-2)83-67(106)55(36(10)93)89-66(105)50-28-114-73(75)88-50/h15-17,22,25-31,35-38,41,43,46,54-56,58-59,80,92-94,98,108H,6-8,14,18-21,23-24H2,1-5,9-13H3,(H2,76,99)(H,77,100)(H,78,102)(H,79,103)(H,83,106)(H,89,105)(H,90,104)(H,91,101)/b42-15-/t29-,30+,31+,35-,36+,37+,38+,41+,43+,46?,54-,55-,56-,58-,59+,74+,75+/m0/s1. The van der Waals surface area contributed by atoms with Crippen LogP contribution in [0.4, 0.5) is 0 Å². The Kier molecular flexibility index (Phi) is 27.2. The van der Waals surface area contributed by atoms with Crippen LogP contribution in [0.5, 0.6) is 0 Å². The van der Waals surface area contributed by atoms with Crippen LogP contribution in [0.25, 0.3) is 6.08 Å². The van der Waals surface area contributed by atoms with Gasteiger partial charge in [0, 0.05) is 69.9 Å². The molecule has 34 nitrogen and oxygen atoms in total. The molecule has 8 amide bonds. The van der Waals surface area contributed by atoms with Gasteiger partial charge in [-0.3, -0.25) is 68.0 Å². The van der Waals surface area contributed by atoms with Gasteiger partial charge in [-0.15, -0.1) is 57.1 Å². The number of ketones is 3. The van der Waals surface area contributed by atoms with Crippen molar-refractivity contribution in [3.05, 3.63) is 148 Å². The number of allylic oxidation sites excluding steroid dienone is 2. The molecule has 606 valence electrons. The van der Waals surface area contributed by atoms with Crippen LogP contribution < -0.4 is 48.3 Å². The first-order valence-corrected chi connectivity index (χ1v) is 40.8. The molecular formula is C75H88N16O18S5. The maximum atomic E-state index is 15.5. The van der Waals surface area contributed by atoms with Crippen molar-refractivity contribution < 1.29 is 87.8 Å². The van der Waals surface area contributed by atoms with E-state index in [0.717, 1.165) is 57.1 Å². The van der Waals surface area contributed by atoms with E-state index in [-0.39, 0.29) is 101 Å². The largest absolute Gasteiger partial charge is 0.455 e. The number of esters is 1. The number of cyclic esters (lactones) is 1. The minimum atomic E-state index is -2.09. The summed E-state index contributed by atoms with van der Waals surface area (Å²) >= 11 is 4.61. The van der Waals surface area contributed by atoms with Gasteiger partial charge in [-0.2, -0.15) is 0 Å². The lowest BCUT2D eigenvalue weighted by atomic mass is 9.80. The van der Waals surface area contributed by atoms with Crippen LogP contribution in [0.1, 0.15) is 222 Å². The summed E-state index contributed by atoms with van der Waals surface area (Å²) in [7, 11) is 0. The highest BCUT2D eigenvalue weighted by Crippen LogP contribution is 2.48. The fourth-order valence-electron chi connectivity index (χ4n) is 13.0. The van der Waals surface area contributed by atoms with E-state index in [4.69, 9.17) is 25.4 Å². The first-order chi connectivity index (χ1) is 53.7. The molecule has 0 aromatic carbocycles. The number of pyridine rings is 1. The van der Waals surface area contributed by atoms with Gasteiger partial charge in [0.2, 0.25) is 17.7 Å². The predicted molar refractivity (Wildman–Crippen MR) is 422 cm³/mol. The highest BCUT2D eigenvalue weighted by atomic mass is 32.2. The summed E-state index contributed by atoms with van der Waals surface area (Å²) in [4.78, 5) is 204. The Morgan fingerprint density at radius 2 is 1.47 bits per heavy atom. The van der Waals surface area contributed by atoms with Crippen LogP contribution in [-0.2, 0) is 48.6 Å². The van der Waals surface area contributed by atoms with Crippen molar-refractivity contribution in [2.45, 2.75) is 192 Å². The number of thioether (sulfide) groups is 1. The summed E-state index contributed by atoms with van der Waals surface area (Å²) in [5.74, 6) is -14.5. The minimum absolute atomic E-state index is 0.0210. The van der Waals surface area contributed by atoms with E-state index < -0.39 is 208 Å². The topological polar surface area (TPSA) is 527 Å². The number of hydrogen-bond donors (Lipinski definition) is 14. The summed E-state index contributed by atoms with van der Waals surface area (Å²) in [6, 6.07) is -6.67. The van der Waals surface area contributed by atoms with Gasteiger partial charge in [-0.05, 0) is 71.9 Å². The van der Waals surface area contributed by atoms with Crippen molar-refractivity contribution in [1.82, 2.24) is 67.5 Å². The van der Waals surface area contributed by atoms with Gasteiger partial charge in [0.05, 0.1) is 80.9 Å². The van der Waals surface area contributed by atoms with Gasteiger partial charge in [-0.25, -0.2) is 29.7 Å². The molecule has 1 unspecified atom stereocenters. The third-order valence-corrected chi connectivity index (χ3v) is 25.3. The van der Waals surface area contributed by atoms with Crippen LogP contribution in [-0.4, -0.2) is 186 Å². The molecule has 114 heavy (non-hydrogen) atoms. The van der Waals surface area contributed by atoms with Crippen LogP contribution in [0.3, 0.4) is 0 Å². The molecule has 4 aliphatic heterocycles. The molecule has 39 heteroatoms. The third kappa shape index (κ3) is 18.9. The zero-order valence-electron chi connectivity index (χ0n) is 63.6. The number of ether oxygens (including phenoxy) is 1. The summed E-state index contributed by atoms with van der Waals surface area (Å²) in [6.45, 7) is 25.6. The van der Waals surface area contributed by atoms with Crippen LogP contribution in [0.2, 0.25) is 0 Å². The van der Waals surface area contributed by atoms with Crippen molar-refractivity contribution in [2.24, 2.45) is 33.5 Å². The molecule has 0 radical (unpaired) electrons. The van der Waals surface area contributed by atoms with E-state index in [1.54, 1.807) is 26.0 Å². The zero-order chi connectivity index (χ0) is 83.4. The molecule has 17 atom stereocenters. The number of hydrogen-bond acceptors (Lipinski definition) is 31. The van der Waals surface area contributed by atoms with Gasteiger partial charge in [-0.1, -0.05) is 72.1 Å². The number of aliphatic hydroxyl groups is 5. The number of aliphatic hydroxyl groups excluding tert-OH is 4. The minimum Gasteiger partial charge on any atom is -0.455 e. The van der Waals surface area contributed by atoms with Crippen molar-refractivity contribution in [2.75, 3.05) is 5.75 Å². The first-order valence-electron chi connectivity index (χ1n) is 36.3. The smallest absolute Gasteiger partial charge is 0.357 e. The summed E-state index contributed by atoms with van der Waals surface area (Å²) in [6.07, 6.45) is -4.25. The van der Waals surface area contributed by atoms with Crippen molar-refractivity contribution in [1.29, 1.82) is 0 Å². The number of aliphatic imine (C=N–C) groups is 2. The highest BCUT2D eigenvalue weighted by Gasteiger charge is 2.51. The lowest BCUT2D eigenvalue weighted by Crippen LogP contribution is -2.54. The van der Waals surface area contributed by atoms with Crippen molar-refractivity contribution in [3.63, 3.8) is 0 Å². The fraction of sp³-hybridized carbons (Fsp3) is 0.453. The number of nitrogens with two attached hydrogens (primary N) is 1. The summed E-state index contributed by atoms with van der Waals surface area (Å²) < 4.78 is 6.29. The Hall–Kier alpha value is -9.94. The van der Waals surface area contributed by atoms with Crippen molar-refractivity contribution >= 4 is 145 Å². The second kappa shape index (κ2) is 35.8. The number of amides is 8. The van der Waals surface area contributed by atoms with Gasteiger partial charge >= 0.3 is 5.97 Å². The monoisotopic (exact) mass is 1660 g/mol. The predicted octanol–water partition coefficient (Wildman–Crippen LogP) is 3.84. The number of thiazole rings is 4. The number of nitrogens with zero attached hydrogens (tertiary/aromatic N) is 7. The first kappa shape index (κ1) is 86.5. The molecule has 10 rings (SSSR count). The molecule has 5 aromatic rings. The average Bonchev–Trinajstić information content (AvgIpc) is 1.50. The Morgan fingerprint density at radius 3 is 2.15 bits per heavy atom. The molecule has 0 saturated carbocycles. The summed E-state index contributed by atoms with van der Waals surface area (Å²) in [5.41, 5.74) is -1.15. The quantitative estimate of drug-likeness (QED) is 0.0623. The Labute approximate surface area is 674 Å². The third-order valence-electron chi connectivity index (χ3n) is 20.4. The number of carbonyl (C=O) groups excluding carboxylic acids is 12. The Bertz CT molecular complexity index is 4880. The number of rotatable bonds is 12. The molecule has 0 fully saturated rings. The van der Waals surface area contributed by atoms with Gasteiger partial charge in [0.1, 0.15) is 84.8 Å². The number of carbonyl (C=O) groups is 12. The Morgan fingerprint density at radius 1 is 0.789 bits per heavy atom. The lowest BCUT2D eigenvalue weighted by Gasteiger charge is -2.41. The Balaban J connectivity index is 1.18. The molecule has 15 N–H and O–H groups in total. The van der Waals surface area contributed by atoms with E-state index in [9.17, 15) is 68.7 Å². The molecule has 1 aliphatic carbocycles. The van der Waals surface area contributed by atoms with Gasteiger partial charge in [0.15, 0.2) is 17.3 Å². The average molecular weight is 1660 g/mol. The van der Waals surface area contributed by atoms with Gasteiger partial charge in [0.25, 0.3) is 29.5 Å². The number of primary amides is 1. The van der Waals surface area contributed by atoms with E-state index in [0.29, 0.717) is 6.42 Å². The molecule has 5 aromatic heterocycles. The zero-order valence-corrected chi connectivity index (χ0v) is 67.7. The maximum Gasteiger partial charge on any atom is 0.357 e. The maximum absolute atomic E-state index is 15.5. The van der Waals surface area contributed by atoms with E-state index in [2.05, 4.69) is 82.2 Å². The molecule has 0 saturated heterocycles. The molecule has 0 spiro atoms. The van der Waals surface area contributed by atoms with E-state index in [1.807, 2.05) is 6.92 Å². The number of Topliss-reactive ketones (excluding diaryl/α,β-unsaturated/α-hetero) is 3. The van der Waals surface area contributed by atoms with E-state index >= 15 is 14.4 Å².